The summed E-state index contributed by atoms with van der Waals surface area (Å²) in [5.74, 6) is -2.85. The average Bonchev–Trinajstić information content (AvgIpc) is 1.73. The van der Waals surface area contributed by atoms with E-state index >= 15 is 8.78 Å². The fourth-order valence-corrected chi connectivity index (χ4v) is 14.1. The van der Waals surface area contributed by atoms with Crippen LogP contribution in [0, 0.1) is 61.0 Å². The smallest absolute Gasteiger partial charge is 0.539 e. The molecule has 8 heterocycles. The minimum absolute atomic E-state index is 0. The molecule has 19 nitrogen and oxygen atoms in total. The molecule has 3 saturated heterocycles. The molecule has 87 heavy (non-hydrogen) atoms. The molecule has 7 aromatic rings. The number of ether oxygens (including phenoxy) is 3. The van der Waals surface area contributed by atoms with Crippen LogP contribution in [0.5, 0.6) is 11.8 Å². The van der Waals surface area contributed by atoms with Crippen molar-refractivity contribution in [3.05, 3.63) is 116 Å². The number of piperazine rings is 1. The monoisotopic (exact) mass is 1450 g/mol. The number of nitrogens with two attached hydrogens (primary N) is 1. The zero-order chi connectivity index (χ0) is 61.4. The van der Waals surface area contributed by atoms with Crippen molar-refractivity contribution in [3.8, 4) is 40.3 Å². The van der Waals surface area contributed by atoms with Gasteiger partial charge in [0.15, 0.2) is 5.82 Å². The molecule has 0 saturated carbocycles. The molecule has 11 rings (SSSR count). The first-order valence-corrected chi connectivity index (χ1v) is 29.4. The van der Waals surface area contributed by atoms with Crippen LogP contribution in [0.15, 0.2) is 59.4 Å². The van der Waals surface area contributed by atoms with Gasteiger partial charge < -0.3 is 49.0 Å². The number of pyridine rings is 2. The van der Waals surface area contributed by atoms with Crippen molar-refractivity contribution >= 4 is 89.9 Å². The first kappa shape index (κ1) is 62.6. The van der Waals surface area contributed by atoms with Crippen molar-refractivity contribution in [1.29, 1.82) is 5.26 Å². The number of nitrogens with zero attached hydrogens (tertiary/aromatic N) is 9. The molecule has 0 aliphatic carbocycles. The van der Waals surface area contributed by atoms with E-state index in [1.807, 2.05) is 31.1 Å². The number of nitrogen functional groups attached to an aromatic ring is 1. The van der Waals surface area contributed by atoms with Crippen LogP contribution in [0.4, 0.5) is 28.8 Å². The Morgan fingerprint density at radius 1 is 1.10 bits per heavy atom. The number of carbonyl (C=O) groups is 3. The minimum Gasteiger partial charge on any atom is -0.539 e. The van der Waals surface area contributed by atoms with Crippen LogP contribution in [0.1, 0.15) is 88.1 Å². The molecule has 3 N–H and O–H groups in total. The molecule has 4 aliphatic heterocycles. The van der Waals surface area contributed by atoms with Gasteiger partial charge in [-0.1, -0.05) is 44.2 Å². The number of aromatic nitrogens is 4. The molecule has 2 amide bonds. The predicted molar refractivity (Wildman–Crippen MR) is 318 cm³/mol. The number of rotatable bonds is 16. The van der Waals surface area contributed by atoms with Crippen molar-refractivity contribution in [2.24, 2.45) is 0 Å². The Morgan fingerprint density at radius 3 is 2.57 bits per heavy atom. The van der Waals surface area contributed by atoms with Gasteiger partial charge in [-0.05, 0) is 94.5 Å². The van der Waals surface area contributed by atoms with Crippen LogP contribution >= 0.6 is 22.9 Å². The minimum atomic E-state index is -2.13. The third kappa shape index (κ3) is 10.9. The quantitative estimate of drug-likeness (QED) is 0.0520. The third-order valence-corrected chi connectivity index (χ3v) is 18.5. The topological polar surface area (TPSA) is 240 Å². The van der Waals surface area contributed by atoms with Crippen LogP contribution in [-0.4, -0.2) is 140 Å². The SMILES string of the molecule is C=C(COC(=O)N(CC(=O)O[C@@]([C-]=O)(CC)c1cc2n(c(=O)c1[CH2-])Cc1c-2nc2ccc(O)cc2c1CC)C(C)C)C(=O)N1CCN(c2nc(OC[C@@]34CCCN3C[C@H](F)C4)nc3c(F)c(-c4ccc(F)c5sc(N)c(C#N)c45)c(Cl)cc23)[C@@H](C)C1.[U+2]. The second kappa shape index (κ2) is 24.3. The number of fused-ring (bicyclic) bond motifs is 7. The van der Waals surface area contributed by atoms with Crippen LogP contribution in [-0.2, 0) is 42.4 Å². The van der Waals surface area contributed by atoms with E-state index in [1.54, 1.807) is 39.0 Å². The Balaban J connectivity index is 0.00000838. The summed E-state index contributed by atoms with van der Waals surface area (Å²) in [5, 5.41) is 21.3. The van der Waals surface area contributed by atoms with E-state index in [2.05, 4.69) is 23.4 Å². The molecular formula is C62H60ClF3N10O9SU. The van der Waals surface area contributed by atoms with E-state index in [9.17, 15) is 38.7 Å². The molecule has 3 aromatic carbocycles. The Labute approximate surface area is 531 Å². The van der Waals surface area contributed by atoms with Gasteiger partial charge in [-0.15, -0.1) is 22.5 Å². The molecule has 4 aliphatic rings. The number of aryl methyl sites for hydroxylation is 1. The molecule has 4 atom stereocenters. The second-order valence-corrected chi connectivity index (χ2v) is 24.1. The van der Waals surface area contributed by atoms with E-state index in [1.165, 1.54) is 27.7 Å². The summed E-state index contributed by atoms with van der Waals surface area (Å²) in [6.07, 6.45) is 1.98. The summed E-state index contributed by atoms with van der Waals surface area (Å²) < 4.78 is 66.9. The summed E-state index contributed by atoms with van der Waals surface area (Å²) in [5.41, 5.74) is 5.49. The molecule has 0 bridgehead atoms. The number of amides is 2. The van der Waals surface area contributed by atoms with Crippen molar-refractivity contribution in [2.45, 2.75) is 103 Å². The molecule has 450 valence electrons. The molecule has 4 aromatic heterocycles. The average molecular weight is 1450 g/mol. The van der Waals surface area contributed by atoms with E-state index in [0.29, 0.717) is 36.3 Å². The Morgan fingerprint density at radius 2 is 1.87 bits per heavy atom. The number of thiophene rings is 1. The summed E-state index contributed by atoms with van der Waals surface area (Å²) >= 11 is 7.84. The number of hydrogen-bond donors (Lipinski definition) is 2. The van der Waals surface area contributed by atoms with Crippen molar-refractivity contribution in [1.82, 2.24) is 34.2 Å². The molecular weight excluding hydrogens is 1390 g/mol. The first-order valence-electron chi connectivity index (χ1n) is 28.2. The van der Waals surface area contributed by atoms with Crippen LogP contribution in [0.25, 0.3) is 54.4 Å². The molecule has 3 fully saturated rings. The Hall–Kier alpha value is -7.41. The number of aromatic hydroxyl groups is 1. The number of esters is 1. The summed E-state index contributed by atoms with van der Waals surface area (Å²) in [4.78, 5) is 89.6. The maximum atomic E-state index is 17.5. The van der Waals surface area contributed by atoms with E-state index in [-0.39, 0.29) is 165 Å². The maximum Gasteiger partial charge on any atom is 2.00 e. The van der Waals surface area contributed by atoms with Gasteiger partial charge in [0.25, 0.3) is 5.91 Å². The zero-order valence-corrected chi connectivity index (χ0v) is 54.1. The Kier molecular flexibility index (Phi) is 17.5. The van der Waals surface area contributed by atoms with Gasteiger partial charge in [0, 0.05) is 95.4 Å². The van der Waals surface area contributed by atoms with Gasteiger partial charge in [-0.3, -0.25) is 19.4 Å². The molecule has 25 heteroatoms. The van der Waals surface area contributed by atoms with Gasteiger partial charge >= 0.3 is 49.2 Å². The molecule has 0 radical (unpaired) electrons. The fraction of sp³-hybridized carbons (Fsp3) is 0.387. The number of nitriles is 1. The van der Waals surface area contributed by atoms with Crippen LogP contribution in [0.2, 0.25) is 5.02 Å². The van der Waals surface area contributed by atoms with Crippen LogP contribution < -0.4 is 20.9 Å². The largest absolute Gasteiger partial charge is 2.00 e. The van der Waals surface area contributed by atoms with E-state index < -0.39 is 77.7 Å². The summed E-state index contributed by atoms with van der Waals surface area (Å²) in [6, 6.07) is 11.0. The molecule has 0 spiro atoms. The number of phenols is 1. The number of carbonyl (C=O) groups excluding carboxylic acids is 4. The summed E-state index contributed by atoms with van der Waals surface area (Å²) in [6.45, 7) is 16.7. The zero-order valence-electron chi connectivity index (χ0n) is 48.3. The number of phenolic OH excluding ortho intramolecular Hbond substituents is 1. The number of hydrogen-bond acceptors (Lipinski definition) is 17. The molecule has 0 unspecified atom stereocenters. The van der Waals surface area contributed by atoms with Crippen molar-refractivity contribution in [2.75, 3.05) is 63.1 Å². The standard InChI is InChI=1S/C62H60ClF3N10O9S.U/c1-8-37-39-19-36(78)11-14-46(39)69-52-42(37)26-76-47(52)21-43(34(7)58(76)81)62(9-2,29-77)85-48(79)27-75(31(3)4)60(82)83-28-32(5)57(80)72-17-18-74(33(6)24-72)56-40-20-44(63)50(38-12-13-45(65)54-49(38)41(23-67)55(68)86-54)51(66)53(40)70-59(71-56)84-30-61-15-10-16-73(61)25-35(64)22-61;/h11-14,19-21,31,33,35,78H,5,7-10,15-18,22,24-28,30,68H2,1-4,6H3;/q-2;+2/t33-,35+,61-,62+;/m0./s1. The number of halogens is 4. The van der Waals surface area contributed by atoms with Gasteiger partial charge in [0.2, 0.25) is 0 Å². The fourth-order valence-electron chi connectivity index (χ4n) is 12.8. The Bertz CT molecular complexity index is 4140. The van der Waals surface area contributed by atoms with E-state index in [0.717, 1.165) is 45.2 Å². The van der Waals surface area contributed by atoms with Crippen molar-refractivity contribution < 1.29 is 82.8 Å². The van der Waals surface area contributed by atoms with Gasteiger partial charge in [-0.25, -0.2) is 29.2 Å². The number of benzene rings is 3. The third-order valence-electron chi connectivity index (χ3n) is 17.2. The van der Waals surface area contributed by atoms with E-state index in [4.69, 9.17) is 41.5 Å². The normalized spacial score (nSPS) is 18.7. The summed E-state index contributed by atoms with van der Waals surface area (Å²) in [7, 11) is 0. The maximum absolute atomic E-state index is 17.5. The second-order valence-electron chi connectivity index (χ2n) is 22.6. The van der Waals surface area contributed by atoms with Gasteiger partial charge in [0.1, 0.15) is 65.5 Å². The van der Waals surface area contributed by atoms with Crippen molar-refractivity contribution in [3.63, 3.8) is 0 Å². The van der Waals surface area contributed by atoms with Gasteiger partial charge in [-0.2, -0.15) is 22.2 Å². The van der Waals surface area contributed by atoms with Crippen LogP contribution in [0.3, 0.4) is 0 Å². The number of alkyl halides is 1. The number of anilines is 2. The van der Waals surface area contributed by atoms with Gasteiger partial charge in [0.05, 0.1) is 32.0 Å². The first-order chi connectivity index (χ1) is 41.1. The predicted octanol–water partition coefficient (Wildman–Crippen LogP) is 9.44.